The fourth-order valence-electron chi connectivity index (χ4n) is 1.88. The van der Waals surface area contributed by atoms with Crippen LogP contribution >= 0.6 is 27.5 Å². The van der Waals surface area contributed by atoms with Gasteiger partial charge in [-0.05, 0) is 31.5 Å². The summed E-state index contributed by atoms with van der Waals surface area (Å²) in [6, 6.07) is 5.59. The van der Waals surface area contributed by atoms with Crippen LogP contribution in [0.5, 0.6) is 11.5 Å². The standard InChI is InChI=1S/C15H16BrClO3/c1-3-19-13-7-11(12(17)8-14(13)20-4-2)15(16)10-5-6-18-9-10/h5-9,15H,3-4H2,1-2H3. The molecule has 3 nitrogen and oxygen atoms in total. The Bertz CT molecular complexity index is 554. The summed E-state index contributed by atoms with van der Waals surface area (Å²) in [6.45, 7) is 5.00. The number of ether oxygens (including phenoxy) is 2. The summed E-state index contributed by atoms with van der Waals surface area (Å²) in [7, 11) is 0. The van der Waals surface area contributed by atoms with Crippen LogP contribution in [-0.2, 0) is 0 Å². The van der Waals surface area contributed by atoms with Crippen LogP contribution in [0.3, 0.4) is 0 Å². The molecule has 0 N–H and O–H groups in total. The lowest BCUT2D eigenvalue weighted by molar-refractivity contribution is 0.287. The van der Waals surface area contributed by atoms with Gasteiger partial charge in [-0.1, -0.05) is 27.5 Å². The molecule has 0 aliphatic rings. The van der Waals surface area contributed by atoms with Crippen LogP contribution in [0.15, 0.2) is 35.1 Å². The normalized spacial score (nSPS) is 12.2. The molecule has 0 saturated heterocycles. The Labute approximate surface area is 132 Å². The van der Waals surface area contributed by atoms with E-state index >= 15 is 0 Å². The van der Waals surface area contributed by atoms with Crippen molar-refractivity contribution in [1.29, 1.82) is 0 Å². The molecule has 20 heavy (non-hydrogen) atoms. The SMILES string of the molecule is CCOc1cc(Cl)c(C(Br)c2ccoc2)cc1OCC. The largest absolute Gasteiger partial charge is 0.490 e. The molecule has 0 aliphatic carbocycles. The second-order valence-corrected chi connectivity index (χ2v) is 5.43. The Balaban J connectivity index is 2.40. The molecular formula is C15H16BrClO3. The van der Waals surface area contributed by atoms with E-state index in [-0.39, 0.29) is 4.83 Å². The van der Waals surface area contributed by atoms with Gasteiger partial charge in [0.05, 0.1) is 30.6 Å². The first-order chi connectivity index (χ1) is 9.67. The molecule has 1 aromatic heterocycles. The predicted octanol–water partition coefficient (Wildman–Crippen LogP) is 5.21. The fraction of sp³-hybridized carbons (Fsp3) is 0.333. The van der Waals surface area contributed by atoms with Crippen LogP contribution in [0.1, 0.15) is 29.8 Å². The zero-order valence-corrected chi connectivity index (χ0v) is 13.7. The van der Waals surface area contributed by atoms with Crippen molar-refractivity contribution in [3.63, 3.8) is 0 Å². The molecule has 1 unspecified atom stereocenters. The van der Waals surface area contributed by atoms with Gasteiger partial charge in [0.15, 0.2) is 11.5 Å². The highest BCUT2D eigenvalue weighted by Gasteiger charge is 2.19. The zero-order chi connectivity index (χ0) is 14.5. The molecule has 0 radical (unpaired) electrons. The van der Waals surface area contributed by atoms with Crippen molar-refractivity contribution >= 4 is 27.5 Å². The van der Waals surface area contributed by atoms with Crippen LogP contribution in [-0.4, -0.2) is 13.2 Å². The van der Waals surface area contributed by atoms with Gasteiger partial charge < -0.3 is 13.9 Å². The third kappa shape index (κ3) is 3.30. The molecule has 0 aliphatic heterocycles. The van der Waals surface area contributed by atoms with E-state index in [1.807, 2.05) is 26.0 Å². The average Bonchev–Trinajstić information content (AvgIpc) is 2.95. The van der Waals surface area contributed by atoms with E-state index in [0.29, 0.717) is 29.7 Å². The molecule has 108 valence electrons. The Morgan fingerprint density at radius 2 is 1.85 bits per heavy atom. The van der Waals surface area contributed by atoms with Gasteiger partial charge in [0, 0.05) is 16.7 Å². The van der Waals surface area contributed by atoms with Crippen molar-refractivity contribution in [1.82, 2.24) is 0 Å². The third-order valence-electron chi connectivity index (χ3n) is 2.77. The van der Waals surface area contributed by atoms with Crippen LogP contribution in [0, 0.1) is 0 Å². The Morgan fingerprint density at radius 3 is 2.40 bits per heavy atom. The summed E-state index contributed by atoms with van der Waals surface area (Å²) in [5.41, 5.74) is 1.92. The first-order valence-electron chi connectivity index (χ1n) is 6.42. The fourth-order valence-corrected chi connectivity index (χ4v) is 2.91. The monoisotopic (exact) mass is 358 g/mol. The maximum absolute atomic E-state index is 6.35. The van der Waals surface area contributed by atoms with Crippen molar-refractivity contribution in [2.45, 2.75) is 18.7 Å². The van der Waals surface area contributed by atoms with E-state index in [2.05, 4.69) is 15.9 Å². The van der Waals surface area contributed by atoms with E-state index in [1.54, 1.807) is 18.6 Å². The maximum atomic E-state index is 6.35. The number of alkyl halides is 1. The van der Waals surface area contributed by atoms with Crippen LogP contribution in [0.4, 0.5) is 0 Å². The minimum absolute atomic E-state index is 0.0522. The van der Waals surface area contributed by atoms with E-state index in [0.717, 1.165) is 11.1 Å². The molecular weight excluding hydrogens is 344 g/mol. The summed E-state index contributed by atoms with van der Waals surface area (Å²) in [4.78, 5) is -0.0522. The van der Waals surface area contributed by atoms with E-state index in [1.165, 1.54) is 0 Å². The highest BCUT2D eigenvalue weighted by molar-refractivity contribution is 9.09. The number of rotatable bonds is 6. The average molecular weight is 360 g/mol. The first-order valence-corrected chi connectivity index (χ1v) is 7.71. The highest BCUT2D eigenvalue weighted by Crippen LogP contribution is 2.41. The number of halogens is 2. The second kappa shape index (κ2) is 7.04. The predicted molar refractivity (Wildman–Crippen MR) is 83.3 cm³/mol. The smallest absolute Gasteiger partial charge is 0.162 e. The van der Waals surface area contributed by atoms with E-state index in [4.69, 9.17) is 25.5 Å². The third-order valence-corrected chi connectivity index (χ3v) is 4.12. The van der Waals surface area contributed by atoms with Crippen molar-refractivity contribution in [3.05, 3.63) is 46.9 Å². The summed E-state index contributed by atoms with van der Waals surface area (Å²) < 4.78 is 16.3. The van der Waals surface area contributed by atoms with Gasteiger partial charge in [0.25, 0.3) is 0 Å². The molecule has 0 bridgehead atoms. The Morgan fingerprint density at radius 1 is 1.20 bits per heavy atom. The molecule has 2 rings (SSSR count). The van der Waals surface area contributed by atoms with Crippen molar-refractivity contribution in [2.24, 2.45) is 0 Å². The van der Waals surface area contributed by atoms with E-state index in [9.17, 15) is 0 Å². The lowest BCUT2D eigenvalue weighted by atomic mass is 10.1. The topological polar surface area (TPSA) is 31.6 Å². The van der Waals surface area contributed by atoms with Gasteiger partial charge >= 0.3 is 0 Å². The van der Waals surface area contributed by atoms with Crippen molar-refractivity contribution in [3.8, 4) is 11.5 Å². The van der Waals surface area contributed by atoms with Crippen LogP contribution < -0.4 is 9.47 Å². The number of benzene rings is 1. The summed E-state index contributed by atoms with van der Waals surface area (Å²) in [5.74, 6) is 1.36. The summed E-state index contributed by atoms with van der Waals surface area (Å²) in [6.07, 6.45) is 3.32. The minimum Gasteiger partial charge on any atom is -0.490 e. The molecule has 1 aromatic carbocycles. The molecule has 5 heteroatoms. The maximum Gasteiger partial charge on any atom is 0.162 e. The molecule has 0 spiro atoms. The van der Waals surface area contributed by atoms with Crippen LogP contribution in [0.2, 0.25) is 5.02 Å². The molecule has 0 fully saturated rings. The second-order valence-electron chi connectivity index (χ2n) is 4.11. The highest BCUT2D eigenvalue weighted by atomic mass is 79.9. The quantitative estimate of drug-likeness (QED) is 0.663. The number of furan rings is 1. The molecule has 2 aromatic rings. The molecule has 1 heterocycles. The van der Waals surface area contributed by atoms with Gasteiger partial charge in [-0.2, -0.15) is 0 Å². The van der Waals surface area contributed by atoms with Gasteiger partial charge in [-0.3, -0.25) is 0 Å². The summed E-state index contributed by atoms with van der Waals surface area (Å²) in [5, 5.41) is 0.625. The number of hydrogen-bond acceptors (Lipinski definition) is 3. The minimum atomic E-state index is -0.0522. The molecule has 0 amide bonds. The lowest BCUT2D eigenvalue weighted by Crippen LogP contribution is -2.01. The van der Waals surface area contributed by atoms with E-state index < -0.39 is 0 Å². The number of hydrogen-bond donors (Lipinski definition) is 0. The first kappa shape index (κ1) is 15.3. The Hall–Kier alpha value is -1.13. The zero-order valence-electron chi connectivity index (χ0n) is 11.4. The Kier molecular flexibility index (Phi) is 5.38. The molecule has 0 saturated carbocycles. The van der Waals surface area contributed by atoms with Gasteiger partial charge in [0.2, 0.25) is 0 Å². The van der Waals surface area contributed by atoms with Gasteiger partial charge in [0.1, 0.15) is 0 Å². The van der Waals surface area contributed by atoms with Crippen molar-refractivity contribution in [2.75, 3.05) is 13.2 Å². The molecule has 1 atom stereocenters. The summed E-state index contributed by atoms with van der Waals surface area (Å²) >= 11 is 9.98. The van der Waals surface area contributed by atoms with Gasteiger partial charge in [-0.15, -0.1) is 0 Å². The van der Waals surface area contributed by atoms with Crippen molar-refractivity contribution < 1.29 is 13.9 Å². The lowest BCUT2D eigenvalue weighted by Gasteiger charge is -2.16. The van der Waals surface area contributed by atoms with Gasteiger partial charge in [-0.25, -0.2) is 0 Å². The van der Waals surface area contributed by atoms with Crippen LogP contribution in [0.25, 0.3) is 0 Å².